The summed E-state index contributed by atoms with van der Waals surface area (Å²) in [7, 11) is -2.03. The third-order valence-corrected chi connectivity index (χ3v) is 7.27. The molecule has 2 amide bonds. The van der Waals surface area contributed by atoms with Crippen LogP contribution in [0.15, 0.2) is 24.3 Å². The fourth-order valence-corrected chi connectivity index (χ4v) is 5.42. The first-order chi connectivity index (χ1) is 10.8. The maximum absolute atomic E-state index is 12.9. The molecule has 0 unspecified atom stereocenters. The molecule has 1 aromatic carbocycles. The van der Waals surface area contributed by atoms with Crippen molar-refractivity contribution >= 4 is 21.7 Å². The number of amides is 2. The molecular weight excluding hydrogens is 323 g/mol. The van der Waals surface area contributed by atoms with Crippen LogP contribution < -0.4 is 0 Å². The van der Waals surface area contributed by atoms with E-state index in [9.17, 15) is 22.4 Å². The molecule has 1 aromatic rings. The summed E-state index contributed by atoms with van der Waals surface area (Å²) in [5.74, 6) is -1.54. The topological polar surface area (TPSA) is 74.8 Å². The maximum atomic E-state index is 12.9. The van der Waals surface area contributed by atoms with E-state index in [1.165, 1.54) is 36.2 Å². The van der Waals surface area contributed by atoms with Gasteiger partial charge in [-0.2, -0.15) is 0 Å². The van der Waals surface area contributed by atoms with Crippen LogP contribution in [-0.4, -0.2) is 60.8 Å². The second kappa shape index (κ2) is 5.30. The molecule has 124 valence electrons. The largest absolute Gasteiger partial charge is 0.338 e. The van der Waals surface area contributed by atoms with Crippen LogP contribution in [0.5, 0.6) is 0 Å². The Morgan fingerprint density at radius 2 is 1.74 bits per heavy atom. The van der Waals surface area contributed by atoms with Crippen molar-refractivity contribution < 1.29 is 22.4 Å². The van der Waals surface area contributed by atoms with Crippen molar-refractivity contribution in [1.29, 1.82) is 0 Å². The maximum Gasteiger partial charge on any atom is 0.253 e. The minimum atomic E-state index is -3.54. The van der Waals surface area contributed by atoms with Crippen molar-refractivity contribution in [2.24, 2.45) is 0 Å². The van der Waals surface area contributed by atoms with Crippen molar-refractivity contribution in [2.45, 2.75) is 17.7 Å². The molecule has 2 saturated heterocycles. The van der Waals surface area contributed by atoms with E-state index in [-0.39, 0.29) is 31.8 Å². The Balaban J connectivity index is 1.77. The number of halogens is 1. The van der Waals surface area contributed by atoms with Crippen LogP contribution in [0.25, 0.3) is 0 Å². The smallest absolute Gasteiger partial charge is 0.253 e. The Labute approximate surface area is 133 Å². The first-order valence-electron chi connectivity index (χ1n) is 7.31. The van der Waals surface area contributed by atoms with Gasteiger partial charge in [-0.15, -0.1) is 0 Å². The van der Waals surface area contributed by atoms with E-state index in [4.69, 9.17) is 0 Å². The van der Waals surface area contributed by atoms with Crippen LogP contribution in [-0.2, 0) is 14.6 Å². The van der Waals surface area contributed by atoms with Gasteiger partial charge in [-0.1, -0.05) is 0 Å². The Bertz CT molecular complexity index is 752. The molecule has 0 N–H and O–H groups in total. The Morgan fingerprint density at radius 1 is 1.17 bits per heavy atom. The lowest BCUT2D eigenvalue weighted by Crippen LogP contribution is -2.55. The van der Waals surface area contributed by atoms with Crippen molar-refractivity contribution in [3.63, 3.8) is 0 Å². The van der Waals surface area contributed by atoms with E-state index in [1.54, 1.807) is 4.90 Å². The predicted octanol–water partition coefficient (Wildman–Crippen LogP) is 0.645. The number of likely N-dealkylation sites (tertiary alicyclic amines) is 1. The van der Waals surface area contributed by atoms with E-state index in [1.807, 2.05) is 0 Å². The molecule has 0 radical (unpaired) electrons. The molecule has 1 spiro atoms. The molecule has 0 aliphatic carbocycles. The van der Waals surface area contributed by atoms with Crippen LogP contribution in [0.1, 0.15) is 23.2 Å². The average Bonchev–Trinajstić information content (AvgIpc) is 2.68. The van der Waals surface area contributed by atoms with Crippen LogP contribution in [0.2, 0.25) is 0 Å². The molecular formula is C15H17FN2O4S. The van der Waals surface area contributed by atoms with Gasteiger partial charge in [0.25, 0.3) is 5.91 Å². The lowest BCUT2D eigenvalue weighted by Gasteiger charge is -2.41. The number of rotatable bonds is 1. The number of hydrogen-bond donors (Lipinski definition) is 0. The number of nitrogens with zero attached hydrogens (tertiary/aromatic N) is 2. The van der Waals surface area contributed by atoms with Gasteiger partial charge in [0.05, 0.1) is 0 Å². The zero-order valence-electron chi connectivity index (χ0n) is 12.7. The Hall–Kier alpha value is -1.96. The zero-order valence-corrected chi connectivity index (χ0v) is 13.5. The van der Waals surface area contributed by atoms with E-state index in [0.29, 0.717) is 5.56 Å². The Kier molecular flexibility index (Phi) is 3.66. The van der Waals surface area contributed by atoms with Crippen molar-refractivity contribution in [3.05, 3.63) is 35.6 Å². The predicted molar refractivity (Wildman–Crippen MR) is 80.8 cm³/mol. The summed E-state index contributed by atoms with van der Waals surface area (Å²) in [5.41, 5.74) is 0.362. The molecule has 0 bridgehead atoms. The third-order valence-electron chi connectivity index (χ3n) is 4.80. The van der Waals surface area contributed by atoms with Crippen molar-refractivity contribution in [3.8, 4) is 0 Å². The quantitative estimate of drug-likeness (QED) is 0.752. The van der Waals surface area contributed by atoms with E-state index in [0.717, 1.165) is 0 Å². The first-order valence-corrected chi connectivity index (χ1v) is 8.96. The van der Waals surface area contributed by atoms with Gasteiger partial charge in [0.15, 0.2) is 9.84 Å². The summed E-state index contributed by atoms with van der Waals surface area (Å²) >= 11 is 0. The number of benzene rings is 1. The van der Waals surface area contributed by atoms with Crippen LogP contribution >= 0.6 is 0 Å². The van der Waals surface area contributed by atoms with Crippen molar-refractivity contribution in [1.82, 2.24) is 9.80 Å². The lowest BCUT2D eigenvalue weighted by atomic mass is 10.0. The molecule has 0 atom stereocenters. The Morgan fingerprint density at radius 3 is 2.22 bits per heavy atom. The molecule has 2 aliphatic rings. The average molecular weight is 340 g/mol. The fourth-order valence-electron chi connectivity index (χ4n) is 3.31. The molecule has 3 rings (SSSR count). The minimum absolute atomic E-state index is 0.199. The minimum Gasteiger partial charge on any atom is -0.338 e. The van der Waals surface area contributed by atoms with Gasteiger partial charge in [0.1, 0.15) is 16.4 Å². The molecule has 6 nitrogen and oxygen atoms in total. The molecule has 0 aromatic heterocycles. The van der Waals surface area contributed by atoms with E-state index < -0.39 is 32.2 Å². The number of piperidine rings is 1. The van der Waals surface area contributed by atoms with Crippen molar-refractivity contribution in [2.75, 3.05) is 25.9 Å². The number of sulfone groups is 1. The van der Waals surface area contributed by atoms with Gasteiger partial charge in [-0.05, 0) is 24.3 Å². The molecule has 23 heavy (non-hydrogen) atoms. The highest BCUT2D eigenvalue weighted by atomic mass is 32.2. The first kappa shape index (κ1) is 15.9. The number of hydrogen-bond acceptors (Lipinski definition) is 4. The van der Waals surface area contributed by atoms with Gasteiger partial charge >= 0.3 is 0 Å². The lowest BCUT2D eigenvalue weighted by molar-refractivity contribution is -0.129. The third kappa shape index (κ3) is 2.41. The second-order valence-corrected chi connectivity index (χ2v) is 8.24. The summed E-state index contributed by atoms with van der Waals surface area (Å²) in [4.78, 5) is 25.8. The standard InChI is InChI=1S/C15H17FN2O4S/c1-17-13(19)10-23(21,22)15(17)6-8-18(9-7-15)14(20)11-2-4-12(16)5-3-11/h2-5H,6-10H2,1H3. The highest BCUT2D eigenvalue weighted by molar-refractivity contribution is 7.93. The summed E-state index contributed by atoms with van der Waals surface area (Å²) in [5, 5.41) is 0. The number of carbonyl (C=O) groups excluding carboxylic acids is 2. The number of carbonyl (C=O) groups is 2. The monoisotopic (exact) mass is 340 g/mol. The summed E-state index contributed by atoms with van der Waals surface area (Å²) in [6.45, 7) is 0.486. The normalized spacial score (nSPS) is 22.6. The summed E-state index contributed by atoms with van der Waals surface area (Å²) in [6, 6.07) is 5.24. The van der Waals surface area contributed by atoms with Crippen LogP contribution in [0.3, 0.4) is 0 Å². The van der Waals surface area contributed by atoms with Gasteiger partial charge in [0, 0.05) is 38.5 Å². The van der Waals surface area contributed by atoms with Gasteiger partial charge in [-0.3, -0.25) is 9.59 Å². The fraction of sp³-hybridized carbons (Fsp3) is 0.467. The van der Waals surface area contributed by atoms with Gasteiger partial charge in [-0.25, -0.2) is 12.8 Å². The SMILES string of the molecule is CN1C(=O)CS(=O)(=O)C12CCN(C(=O)c1ccc(F)cc1)CC2. The molecule has 2 fully saturated rings. The highest BCUT2D eigenvalue weighted by Crippen LogP contribution is 2.38. The van der Waals surface area contributed by atoms with Crippen LogP contribution in [0, 0.1) is 5.82 Å². The molecule has 8 heteroatoms. The highest BCUT2D eigenvalue weighted by Gasteiger charge is 2.57. The van der Waals surface area contributed by atoms with E-state index in [2.05, 4.69) is 0 Å². The summed E-state index contributed by atoms with van der Waals surface area (Å²) in [6.07, 6.45) is 0.398. The zero-order chi connectivity index (χ0) is 16.8. The van der Waals surface area contributed by atoms with Crippen LogP contribution in [0.4, 0.5) is 4.39 Å². The molecule has 0 saturated carbocycles. The molecule has 2 heterocycles. The second-order valence-electron chi connectivity index (χ2n) is 5.96. The van der Waals surface area contributed by atoms with Gasteiger partial charge < -0.3 is 9.80 Å². The van der Waals surface area contributed by atoms with E-state index >= 15 is 0 Å². The summed E-state index contributed by atoms with van der Waals surface area (Å²) < 4.78 is 37.6. The van der Waals surface area contributed by atoms with Gasteiger partial charge in [0.2, 0.25) is 5.91 Å². The molecule has 2 aliphatic heterocycles.